The van der Waals surface area contributed by atoms with Crippen LogP contribution >= 0.6 is 15.6 Å². The molecular formula is C19H22N10O13P2. The predicted molar refractivity (Wildman–Crippen MR) is 139 cm³/mol. The van der Waals surface area contributed by atoms with E-state index in [-0.39, 0.29) is 34.0 Å². The van der Waals surface area contributed by atoms with Gasteiger partial charge in [0.25, 0.3) is 5.56 Å². The van der Waals surface area contributed by atoms with Gasteiger partial charge in [-0.1, -0.05) is 5.21 Å². The van der Waals surface area contributed by atoms with Gasteiger partial charge in [0.1, 0.15) is 24.4 Å². The SMILES string of the molecule is Nc1nc2c(ncn2[C@@H]2O[C@@H]3COP(=O)(O)O[C@@H]4[C@H](O[C@@H](n5nnc6c(N)ccnc65)[C@@H]4O)OP(=O)(O)O[C@@H]2[C@@H]3O)c(=O)[nH]1. The van der Waals surface area contributed by atoms with Gasteiger partial charge in [0, 0.05) is 6.20 Å². The van der Waals surface area contributed by atoms with E-state index in [0.717, 1.165) is 15.6 Å². The highest BCUT2D eigenvalue weighted by Crippen LogP contribution is 2.56. The molecule has 23 nitrogen and oxygen atoms in total. The number of hydrogen-bond acceptors (Lipinski definition) is 18. The number of aliphatic hydroxyl groups is 2. The average Bonchev–Trinajstić information content (AvgIpc) is 3.69. The molecule has 236 valence electrons. The van der Waals surface area contributed by atoms with Gasteiger partial charge in [-0.2, -0.15) is 9.67 Å². The molecule has 10 atom stereocenters. The summed E-state index contributed by atoms with van der Waals surface area (Å²) in [5, 5.41) is 29.8. The van der Waals surface area contributed by atoms with Crippen LogP contribution in [0, 0.1) is 0 Å². The van der Waals surface area contributed by atoms with Crippen LogP contribution in [0.4, 0.5) is 11.6 Å². The maximum absolute atomic E-state index is 13.3. The number of aromatic nitrogens is 8. The lowest BCUT2D eigenvalue weighted by atomic mass is 10.1. The maximum Gasteiger partial charge on any atom is 0.475 e. The minimum atomic E-state index is -5.33. The van der Waals surface area contributed by atoms with E-state index >= 15 is 0 Å². The van der Waals surface area contributed by atoms with Gasteiger partial charge in [0.15, 0.2) is 40.9 Å². The number of pyridine rings is 1. The Morgan fingerprint density at radius 1 is 0.955 bits per heavy atom. The molecule has 2 bridgehead atoms. The molecule has 25 heteroatoms. The van der Waals surface area contributed by atoms with Crippen molar-refractivity contribution in [3.8, 4) is 0 Å². The fraction of sp³-hybridized carbons (Fsp3) is 0.474. The van der Waals surface area contributed by atoms with Crippen LogP contribution in [0.3, 0.4) is 0 Å². The first-order valence-electron chi connectivity index (χ1n) is 12.5. The van der Waals surface area contributed by atoms with E-state index in [9.17, 15) is 33.9 Å². The summed E-state index contributed by atoms with van der Waals surface area (Å²) in [7, 11) is -10.5. The summed E-state index contributed by atoms with van der Waals surface area (Å²) in [6.07, 6.45) is -11.7. The molecule has 0 aliphatic carbocycles. The van der Waals surface area contributed by atoms with Crippen molar-refractivity contribution in [2.75, 3.05) is 18.1 Å². The number of rotatable bonds is 2. The molecule has 2 unspecified atom stereocenters. The van der Waals surface area contributed by atoms with E-state index in [1.54, 1.807) is 0 Å². The predicted octanol–water partition coefficient (Wildman–Crippen LogP) is -2.38. The number of nitrogens with one attached hydrogen (secondary N) is 1. The summed E-state index contributed by atoms with van der Waals surface area (Å²) in [5.41, 5.74) is 10.8. The van der Waals surface area contributed by atoms with Crippen molar-refractivity contribution in [2.45, 2.75) is 49.3 Å². The smallest absolute Gasteiger partial charge is 0.397 e. The minimum absolute atomic E-state index is 0.0271. The number of hydrogen-bond donors (Lipinski definition) is 7. The third kappa shape index (κ3) is 4.88. The van der Waals surface area contributed by atoms with Gasteiger partial charge in [0.05, 0.1) is 18.6 Å². The zero-order chi connectivity index (χ0) is 31.1. The molecule has 3 saturated heterocycles. The highest BCUT2D eigenvalue weighted by Gasteiger charge is 2.56. The first-order valence-corrected chi connectivity index (χ1v) is 15.5. The van der Waals surface area contributed by atoms with E-state index in [1.807, 2.05) is 0 Å². The van der Waals surface area contributed by atoms with E-state index in [0.29, 0.717) is 0 Å². The first kappa shape index (κ1) is 29.3. The number of imidazole rings is 1. The number of aliphatic hydroxyl groups excluding tert-OH is 2. The number of phosphoric acid groups is 2. The van der Waals surface area contributed by atoms with Gasteiger partial charge in [-0.15, -0.1) is 5.10 Å². The number of nitrogens with two attached hydrogens (primary N) is 2. The van der Waals surface area contributed by atoms with Crippen molar-refractivity contribution < 1.29 is 56.7 Å². The van der Waals surface area contributed by atoms with Gasteiger partial charge in [-0.3, -0.25) is 32.4 Å². The van der Waals surface area contributed by atoms with Crippen LogP contribution < -0.4 is 17.0 Å². The molecule has 7 heterocycles. The summed E-state index contributed by atoms with van der Waals surface area (Å²) in [5.74, 6) is -0.295. The Labute approximate surface area is 242 Å². The summed E-state index contributed by atoms with van der Waals surface area (Å²) in [4.78, 5) is 47.8. The number of anilines is 2. The van der Waals surface area contributed by atoms with Crippen molar-refractivity contribution in [2.24, 2.45) is 0 Å². The number of ether oxygens (including phenoxy) is 2. The van der Waals surface area contributed by atoms with Gasteiger partial charge in [0.2, 0.25) is 12.2 Å². The lowest BCUT2D eigenvalue weighted by Gasteiger charge is -2.28. The minimum Gasteiger partial charge on any atom is -0.397 e. The molecule has 9 N–H and O–H groups in total. The van der Waals surface area contributed by atoms with Crippen LogP contribution in [0.15, 0.2) is 23.4 Å². The molecule has 0 amide bonds. The molecule has 0 spiro atoms. The lowest BCUT2D eigenvalue weighted by Crippen LogP contribution is -2.38. The molecule has 4 aromatic rings. The Kier molecular flexibility index (Phi) is 6.86. The summed E-state index contributed by atoms with van der Waals surface area (Å²) >= 11 is 0. The molecule has 7 rings (SSSR count). The fourth-order valence-electron chi connectivity index (χ4n) is 5.04. The Morgan fingerprint density at radius 2 is 1.73 bits per heavy atom. The maximum atomic E-state index is 13.3. The largest absolute Gasteiger partial charge is 0.475 e. The van der Waals surface area contributed by atoms with Crippen LogP contribution in [0.1, 0.15) is 12.5 Å². The molecule has 4 aromatic heterocycles. The number of nitrogens with zero attached hydrogens (tertiary/aromatic N) is 7. The molecule has 0 aromatic carbocycles. The molecule has 0 saturated carbocycles. The Balaban J connectivity index is 1.25. The second kappa shape index (κ2) is 10.3. The molecule has 3 aliphatic rings. The van der Waals surface area contributed by atoms with E-state index in [1.165, 1.54) is 12.3 Å². The van der Waals surface area contributed by atoms with Gasteiger partial charge in [-0.25, -0.2) is 19.1 Å². The third-order valence-electron chi connectivity index (χ3n) is 6.99. The van der Waals surface area contributed by atoms with Crippen LogP contribution in [-0.4, -0.2) is 103 Å². The highest BCUT2D eigenvalue weighted by molar-refractivity contribution is 7.47. The number of aromatic amines is 1. The summed E-state index contributed by atoms with van der Waals surface area (Å²) in [6, 6.07) is 1.44. The van der Waals surface area contributed by atoms with Crippen molar-refractivity contribution in [3.05, 3.63) is 28.9 Å². The number of nitrogen functional groups attached to an aromatic ring is 2. The van der Waals surface area contributed by atoms with Crippen LogP contribution in [0.25, 0.3) is 22.3 Å². The van der Waals surface area contributed by atoms with Crippen LogP contribution in [-0.2, 0) is 36.7 Å². The molecule has 0 radical (unpaired) electrons. The van der Waals surface area contributed by atoms with Gasteiger partial charge < -0.3 is 40.9 Å². The average molecular weight is 660 g/mol. The second-order valence-corrected chi connectivity index (χ2v) is 12.6. The first-order chi connectivity index (χ1) is 20.8. The van der Waals surface area contributed by atoms with Crippen molar-refractivity contribution in [3.63, 3.8) is 0 Å². The second-order valence-electron chi connectivity index (χ2n) is 9.80. The quantitative estimate of drug-likeness (QED) is 0.110. The highest BCUT2D eigenvalue weighted by atomic mass is 31.2. The zero-order valence-corrected chi connectivity index (χ0v) is 23.5. The number of fused-ring (bicyclic) bond motifs is 5. The Hall–Kier alpha value is -3.44. The van der Waals surface area contributed by atoms with Gasteiger partial charge in [-0.05, 0) is 6.07 Å². The number of phosphoric ester groups is 2. The molecule has 44 heavy (non-hydrogen) atoms. The fourth-order valence-corrected chi connectivity index (χ4v) is 6.98. The molecular weight excluding hydrogens is 638 g/mol. The van der Waals surface area contributed by atoms with E-state index in [2.05, 4.69) is 30.2 Å². The third-order valence-corrected chi connectivity index (χ3v) is 8.96. The Bertz CT molecular complexity index is 1920. The van der Waals surface area contributed by atoms with Crippen LogP contribution in [0.5, 0.6) is 0 Å². The monoisotopic (exact) mass is 660 g/mol. The zero-order valence-electron chi connectivity index (χ0n) is 21.7. The van der Waals surface area contributed by atoms with Crippen LogP contribution in [0.2, 0.25) is 0 Å². The summed E-state index contributed by atoms with van der Waals surface area (Å²) in [6.45, 7) is -0.820. The molecule has 3 aliphatic heterocycles. The van der Waals surface area contributed by atoms with Crippen molar-refractivity contribution >= 4 is 49.6 Å². The standard InChI is InChI=1S/C19H22N10O13P2/c20-5-1-2-22-13-7(5)26-27-29(13)16-10(31)12-18(39-16)42-44(35,36)40-11-9(30)6(3-37-43(33,34)41-12)38-17(11)28-4-23-8-14(28)24-19(21)25-15(8)32/h1-2,4,6,9-12,16-18,30-31H,3H2,(H2,20,22)(H,33,34)(H,35,36)(H3,21,24,25,32)/t6-,9-,10-,11-,12+,16-,17-,18-/m1/s1. The van der Waals surface area contributed by atoms with E-state index in [4.69, 9.17) is 39.0 Å². The van der Waals surface area contributed by atoms with Crippen molar-refractivity contribution in [1.82, 2.24) is 39.5 Å². The van der Waals surface area contributed by atoms with Crippen molar-refractivity contribution in [1.29, 1.82) is 0 Å². The topological polar surface area (TPSA) is 330 Å². The molecule has 3 fully saturated rings. The Morgan fingerprint density at radius 3 is 2.52 bits per heavy atom. The normalized spacial score (nSPS) is 38.0. The number of H-pyrrole nitrogens is 1. The van der Waals surface area contributed by atoms with E-state index < -0.39 is 77.1 Å². The lowest BCUT2D eigenvalue weighted by molar-refractivity contribution is -0.143. The van der Waals surface area contributed by atoms with Gasteiger partial charge >= 0.3 is 15.6 Å². The summed E-state index contributed by atoms with van der Waals surface area (Å²) < 4.78 is 60.3.